The molecule has 2 saturated heterocycles. The van der Waals surface area contributed by atoms with E-state index >= 15 is 0 Å². The Morgan fingerprint density at radius 2 is 2.24 bits per heavy atom. The molecule has 2 atom stereocenters. The highest BCUT2D eigenvalue weighted by Gasteiger charge is 2.49. The summed E-state index contributed by atoms with van der Waals surface area (Å²) in [6, 6.07) is 0. The Kier molecular flexibility index (Phi) is 2.48. The summed E-state index contributed by atoms with van der Waals surface area (Å²) in [6.45, 7) is 10.7. The van der Waals surface area contributed by atoms with Crippen molar-refractivity contribution in [3.05, 3.63) is 11.8 Å². The van der Waals surface area contributed by atoms with Gasteiger partial charge in [0, 0.05) is 25.6 Å². The van der Waals surface area contributed by atoms with E-state index in [9.17, 15) is 0 Å². The third kappa shape index (κ3) is 1.77. The van der Waals surface area contributed by atoms with Crippen LogP contribution < -0.4 is 5.32 Å². The van der Waals surface area contributed by atoms with Crippen LogP contribution >= 0.6 is 0 Å². The Morgan fingerprint density at radius 1 is 1.41 bits per heavy atom. The molecule has 2 unspecified atom stereocenters. The van der Waals surface area contributed by atoms with Gasteiger partial charge in [-0.2, -0.15) is 0 Å². The largest absolute Gasteiger partial charge is 0.424 e. The first-order valence-corrected chi connectivity index (χ1v) is 6.32. The van der Waals surface area contributed by atoms with Gasteiger partial charge in [-0.05, 0) is 32.2 Å². The minimum absolute atomic E-state index is 0.219. The SMILES string of the molecule is Cc1nnc(CN2CC3CNCC3C2(C)C)o1. The third-order valence-electron chi connectivity index (χ3n) is 4.41. The van der Waals surface area contributed by atoms with E-state index in [4.69, 9.17) is 4.42 Å². The lowest BCUT2D eigenvalue weighted by atomic mass is 9.85. The molecule has 17 heavy (non-hydrogen) atoms. The molecule has 5 heteroatoms. The van der Waals surface area contributed by atoms with Crippen LogP contribution in [0.25, 0.3) is 0 Å². The van der Waals surface area contributed by atoms with Crippen LogP contribution in [0, 0.1) is 18.8 Å². The lowest BCUT2D eigenvalue weighted by Gasteiger charge is -2.34. The molecule has 1 aromatic rings. The average Bonchev–Trinajstić information content (AvgIpc) is 2.90. The molecule has 3 rings (SSSR count). The van der Waals surface area contributed by atoms with Gasteiger partial charge in [0.1, 0.15) is 0 Å². The molecule has 0 aliphatic carbocycles. The minimum atomic E-state index is 0.219. The molecule has 0 saturated carbocycles. The topological polar surface area (TPSA) is 54.2 Å². The molecule has 1 N–H and O–H groups in total. The zero-order valence-electron chi connectivity index (χ0n) is 10.7. The fraction of sp³-hybridized carbons (Fsp3) is 0.833. The Morgan fingerprint density at radius 3 is 2.88 bits per heavy atom. The quantitative estimate of drug-likeness (QED) is 0.823. The number of hydrogen-bond acceptors (Lipinski definition) is 5. The van der Waals surface area contributed by atoms with Crippen LogP contribution in [-0.2, 0) is 6.54 Å². The van der Waals surface area contributed by atoms with Gasteiger partial charge in [0.15, 0.2) is 0 Å². The molecule has 3 heterocycles. The summed E-state index contributed by atoms with van der Waals surface area (Å²) in [5.41, 5.74) is 0.219. The summed E-state index contributed by atoms with van der Waals surface area (Å²) in [6.07, 6.45) is 0. The van der Waals surface area contributed by atoms with Crippen molar-refractivity contribution in [3.63, 3.8) is 0 Å². The molecule has 0 radical (unpaired) electrons. The molecule has 5 nitrogen and oxygen atoms in total. The monoisotopic (exact) mass is 236 g/mol. The van der Waals surface area contributed by atoms with Gasteiger partial charge in [-0.15, -0.1) is 10.2 Å². The third-order valence-corrected chi connectivity index (χ3v) is 4.41. The number of aromatic nitrogens is 2. The van der Waals surface area contributed by atoms with E-state index < -0.39 is 0 Å². The number of nitrogens with zero attached hydrogens (tertiary/aromatic N) is 3. The summed E-state index contributed by atoms with van der Waals surface area (Å²) in [4.78, 5) is 2.48. The van der Waals surface area contributed by atoms with Crippen molar-refractivity contribution in [2.75, 3.05) is 19.6 Å². The van der Waals surface area contributed by atoms with Gasteiger partial charge in [-0.25, -0.2) is 0 Å². The second kappa shape index (κ2) is 3.78. The van der Waals surface area contributed by atoms with Crippen molar-refractivity contribution in [1.29, 1.82) is 0 Å². The maximum absolute atomic E-state index is 5.48. The van der Waals surface area contributed by atoms with Crippen LogP contribution in [0.4, 0.5) is 0 Å². The first-order chi connectivity index (χ1) is 8.07. The molecule has 0 aromatic carbocycles. The van der Waals surface area contributed by atoms with E-state index in [2.05, 4.69) is 34.3 Å². The normalized spacial score (nSPS) is 31.9. The van der Waals surface area contributed by atoms with E-state index in [-0.39, 0.29) is 5.54 Å². The maximum Gasteiger partial charge on any atom is 0.230 e. The second-order valence-electron chi connectivity index (χ2n) is 5.77. The fourth-order valence-corrected chi connectivity index (χ4v) is 3.34. The van der Waals surface area contributed by atoms with E-state index in [1.807, 2.05) is 6.92 Å². The first kappa shape index (κ1) is 11.2. The summed E-state index contributed by atoms with van der Waals surface area (Å²) < 4.78 is 5.48. The number of fused-ring (bicyclic) bond motifs is 1. The second-order valence-corrected chi connectivity index (χ2v) is 5.77. The standard InChI is InChI=1S/C12H20N4O/c1-8-14-15-11(17-8)7-16-6-9-4-13-5-10(9)12(16,2)3/h9-10,13H,4-7H2,1-3H3. The molecule has 0 amide bonds. The smallest absolute Gasteiger partial charge is 0.230 e. The van der Waals surface area contributed by atoms with E-state index in [0.717, 1.165) is 43.9 Å². The van der Waals surface area contributed by atoms with Crippen molar-refractivity contribution in [1.82, 2.24) is 20.4 Å². The zero-order chi connectivity index (χ0) is 12.0. The number of nitrogens with one attached hydrogen (secondary N) is 1. The molecular weight excluding hydrogens is 216 g/mol. The van der Waals surface area contributed by atoms with Crippen LogP contribution in [0.3, 0.4) is 0 Å². The van der Waals surface area contributed by atoms with Crippen LogP contribution in [0.5, 0.6) is 0 Å². The van der Waals surface area contributed by atoms with Gasteiger partial charge in [0.25, 0.3) is 0 Å². The average molecular weight is 236 g/mol. The maximum atomic E-state index is 5.48. The molecule has 2 aliphatic rings. The van der Waals surface area contributed by atoms with Crippen molar-refractivity contribution >= 4 is 0 Å². The molecule has 2 fully saturated rings. The van der Waals surface area contributed by atoms with Crippen LogP contribution in [0.15, 0.2) is 4.42 Å². The molecule has 1 aromatic heterocycles. The highest BCUT2D eigenvalue weighted by Crippen LogP contribution is 2.41. The summed E-state index contributed by atoms with van der Waals surface area (Å²) in [5.74, 6) is 2.91. The lowest BCUT2D eigenvalue weighted by molar-refractivity contribution is 0.120. The first-order valence-electron chi connectivity index (χ1n) is 6.32. The molecule has 0 bridgehead atoms. The molecule has 2 aliphatic heterocycles. The Bertz CT molecular complexity index is 414. The summed E-state index contributed by atoms with van der Waals surface area (Å²) in [7, 11) is 0. The van der Waals surface area contributed by atoms with Gasteiger partial charge >= 0.3 is 0 Å². The lowest BCUT2D eigenvalue weighted by Crippen LogP contribution is -2.43. The summed E-state index contributed by atoms with van der Waals surface area (Å²) in [5, 5.41) is 11.5. The number of hydrogen-bond donors (Lipinski definition) is 1. The van der Waals surface area contributed by atoms with Gasteiger partial charge in [0.05, 0.1) is 6.54 Å². The van der Waals surface area contributed by atoms with Crippen molar-refractivity contribution in [2.45, 2.75) is 32.9 Å². The number of rotatable bonds is 2. The molecule has 94 valence electrons. The Balaban J connectivity index is 1.76. The molecular formula is C12H20N4O. The van der Waals surface area contributed by atoms with Gasteiger partial charge in [-0.3, -0.25) is 4.90 Å². The van der Waals surface area contributed by atoms with E-state index in [1.165, 1.54) is 0 Å². The predicted molar refractivity (Wildman–Crippen MR) is 63.4 cm³/mol. The van der Waals surface area contributed by atoms with Crippen LogP contribution in [0.2, 0.25) is 0 Å². The van der Waals surface area contributed by atoms with E-state index in [0.29, 0.717) is 5.89 Å². The predicted octanol–water partition coefficient (Wildman–Crippen LogP) is 0.808. The molecule has 0 spiro atoms. The number of likely N-dealkylation sites (tertiary alicyclic amines) is 1. The van der Waals surface area contributed by atoms with E-state index in [1.54, 1.807) is 0 Å². The van der Waals surface area contributed by atoms with Crippen LogP contribution in [0.1, 0.15) is 25.6 Å². The van der Waals surface area contributed by atoms with Crippen molar-refractivity contribution < 1.29 is 4.42 Å². The van der Waals surface area contributed by atoms with Gasteiger partial charge < -0.3 is 9.73 Å². The minimum Gasteiger partial charge on any atom is -0.424 e. The van der Waals surface area contributed by atoms with Gasteiger partial charge in [0.2, 0.25) is 11.8 Å². The van der Waals surface area contributed by atoms with Crippen molar-refractivity contribution in [2.24, 2.45) is 11.8 Å². The van der Waals surface area contributed by atoms with Crippen molar-refractivity contribution in [3.8, 4) is 0 Å². The Hall–Kier alpha value is -0.940. The fourth-order valence-electron chi connectivity index (χ4n) is 3.34. The van der Waals surface area contributed by atoms with Crippen LogP contribution in [-0.4, -0.2) is 40.3 Å². The Labute approximate surface area is 102 Å². The zero-order valence-corrected chi connectivity index (χ0v) is 10.7. The summed E-state index contributed by atoms with van der Waals surface area (Å²) >= 11 is 0. The number of aryl methyl sites for hydroxylation is 1. The van der Waals surface area contributed by atoms with Gasteiger partial charge in [-0.1, -0.05) is 0 Å². The highest BCUT2D eigenvalue weighted by atomic mass is 16.4. The highest BCUT2D eigenvalue weighted by molar-refractivity contribution is 5.05.